The third-order valence-corrected chi connectivity index (χ3v) is 2.35. The van der Waals surface area contributed by atoms with Gasteiger partial charge in [0.2, 0.25) is 0 Å². The molecular formula is C11H13F3O. The van der Waals surface area contributed by atoms with Crippen LogP contribution in [0.2, 0.25) is 0 Å². The first-order valence-corrected chi connectivity index (χ1v) is 4.85. The molecule has 0 saturated carbocycles. The Morgan fingerprint density at radius 1 is 1.53 bits per heavy atom. The van der Waals surface area contributed by atoms with Crippen molar-refractivity contribution in [2.45, 2.75) is 32.4 Å². The molecule has 4 heteroatoms. The van der Waals surface area contributed by atoms with E-state index in [1.807, 2.05) is 0 Å². The van der Waals surface area contributed by atoms with Gasteiger partial charge in [-0.2, -0.15) is 13.2 Å². The smallest absolute Gasteiger partial charge is 0.295 e. The molecule has 15 heavy (non-hydrogen) atoms. The van der Waals surface area contributed by atoms with Gasteiger partial charge in [0.05, 0.1) is 5.92 Å². The SMILES string of the molecule is CC(=O)C=CC1=CC(C(F)(F)F)CCC1. The van der Waals surface area contributed by atoms with Gasteiger partial charge in [0.25, 0.3) is 0 Å². The molecule has 1 rings (SSSR count). The lowest BCUT2D eigenvalue weighted by molar-refractivity contribution is -0.163. The van der Waals surface area contributed by atoms with Gasteiger partial charge in [0, 0.05) is 0 Å². The van der Waals surface area contributed by atoms with E-state index in [4.69, 9.17) is 0 Å². The van der Waals surface area contributed by atoms with E-state index >= 15 is 0 Å². The Kier molecular flexibility index (Phi) is 3.72. The second kappa shape index (κ2) is 4.64. The molecule has 0 saturated heterocycles. The van der Waals surface area contributed by atoms with Gasteiger partial charge in [-0.05, 0) is 32.3 Å². The van der Waals surface area contributed by atoms with Crippen LogP contribution in [0, 0.1) is 5.92 Å². The van der Waals surface area contributed by atoms with Gasteiger partial charge in [0.1, 0.15) is 0 Å². The van der Waals surface area contributed by atoms with Gasteiger partial charge >= 0.3 is 6.18 Å². The minimum absolute atomic E-state index is 0.148. The molecule has 0 amide bonds. The molecule has 0 aliphatic heterocycles. The number of alkyl halides is 3. The highest BCUT2D eigenvalue weighted by atomic mass is 19.4. The second-order valence-corrected chi connectivity index (χ2v) is 3.73. The summed E-state index contributed by atoms with van der Waals surface area (Å²) in [5, 5.41) is 0. The quantitative estimate of drug-likeness (QED) is 0.649. The third kappa shape index (κ3) is 3.90. The van der Waals surface area contributed by atoms with Crippen molar-refractivity contribution in [3.63, 3.8) is 0 Å². The Balaban J connectivity index is 2.74. The van der Waals surface area contributed by atoms with Gasteiger partial charge < -0.3 is 0 Å². The highest BCUT2D eigenvalue weighted by Crippen LogP contribution is 2.36. The average Bonchev–Trinajstić information content (AvgIpc) is 2.14. The van der Waals surface area contributed by atoms with Crippen LogP contribution < -0.4 is 0 Å². The minimum atomic E-state index is -4.16. The number of rotatable bonds is 2. The van der Waals surface area contributed by atoms with E-state index in [9.17, 15) is 18.0 Å². The summed E-state index contributed by atoms with van der Waals surface area (Å²) in [5.41, 5.74) is 0.610. The fourth-order valence-corrected chi connectivity index (χ4v) is 1.57. The maximum absolute atomic E-state index is 12.4. The van der Waals surface area contributed by atoms with Gasteiger partial charge in [-0.3, -0.25) is 4.79 Å². The number of hydrogen-bond acceptors (Lipinski definition) is 1. The monoisotopic (exact) mass is 218 g/mol. The van der Waals surface area contributed by atoms with Crippen molar-refractivity contribution in [3.05, 3.63) is 23.8 Å². The Morgan fingerprint density at radius 3 is 2.73 bits per heavy atom. The molecule has 0 aromatic carbocycles. The van der Waals surface area contributed by atoms with Crippen LogP contribution >= 0.6 is 0 Å². The van der Waals surface area contributed by atoms with Crippen LogP contribution in [0.4, 0.5) is 13.2 Å². The van der Waals surface area contributed by atoms with E-state index < -0.39 is 12.1 Å². The summed E-state index contributed by atoms with van der Waals surface area (Å²) in [6.07, 6.45) is 1.17. The van der Waals surface area contributed by atoms with Crippen molar-refractivity contribution in [2.24, 2.45) is 5.92 Å². The number of allylic oxidation sites excluding steroid dienone is 4. The van der Waals surface area contributed by atoms with E-state index in [0.717, 1.165) is 0 Å². The summed E-state index contributed by atoms with van der Waals surface area (Å²) in [5.74, 6) is -1.50. The average molecular weight is 218 g/mol. The number of halogens is 3. The molecule has 0 spiro atoms. The zero-order chi connectivity index (χ0) is 11.5. The first-order chi connectivity index (χ1) is 6.89. The van der Waals surface area contributed by atoms with Crippen LogP contribution in [0.1, 0.15) is 26.2 Å². The van der Waals surface area contributed by atoms with Crippen molar-refractivity contribution >= 4 is 5.78 Å². The van der Waals surface area contributed by atoms with Crippen molar-refractivity contribution in [1.82, 2.24) is 0 Å². The van der Waals surface area contributed by atoms with E-state index in [2.05, 4.69) is 0 Å². The summed E-state index contributed by atoms with van der Waals surface area (Å²) >= 11 is 0. The van der Waals surface area contributed by atoms with Gasteiger partial charge in [-0.25, -0.2) is 0 Å². The van der Waals surface area contributed by atoms with Crippen LogP contribution in [0.3, 0.4) is 0 Å². The summed E-state index contributed by atoms with van der Waals surface area (Å²) in [4.78, 5) is 10.6. The number of hydrogen-bond donors (Lipinski definition) is 0. The Bertz CT molecular complexity index is 299. The molecule has 0 N–H and O–H groups in total. The number of carbonyl (C=O) groups excluding carboxylic acids is 1. The Morgan fingerprint density at radius 2 is 2.20 bits per heavy atom. The van der Waals surface area contributed by atoms with Crippen LogP contribution in [-0.2, 0) is 4.79 Å². The lowest BCUT2D eigenvalue weighted by atomic mass is 9.90. The molecule has 1 atom stereocenters. The normalized spacial score (nSPS) is 22.9. The van der Waals surface area contributed by atoms with Crippen molar-refractivity contribution < 1.29 is 18.0 Å². The largest absolute Gasteiger partial charge is 0.395 e. The van der Waals surface area contributed by atoms with Crippen molar-refractivity contribution in [1.29, 1.82) is 0 Å². The van der Waals surface area contributed by atoms with Crippen LogP contribution in [0.5, 0.6) is 0 Å². The number of ketones is 1. The number of carbonyl (C=O) groups is 1. The van der Waals surface area contributed by atoms with Crippen LogP contribution in [0.15, 0.2) is 23.8 Å². The highest BCUT2D eigenvalue weighted by molar-refractivity contribution is 5.87. The molecule has 1 nitrogen and oxygen atoms in total. The van der Waals surface area contributed by atoms with Gasteiger partial charge in [-0.15, -0.1) is 0 Å². The predicted molar refractivity (Wildman–Crippen MR) is 51.3 cm³/mol. The molecule has 1 unspecified atom stereocenters. The van der Waals surface area contributed by atoms with Crippen LogP contribution in [-0.4, -0.2) is 12.0 Å². The maximum atomic E-state index is 12.4. The van der Waals surface area contributed by atoms with E-state index in [-0.39, 0.29) is 12.2 Å². The molecule has 84 valence electrons. The topological polar surface area (TPSA) is 17.1 Å². The zero-order valence-corrected chi connectivity index (χ0v) is 8.47. The standard InChI is InChI=1S/C11H13F3O/c1-8(15)5-6-9-3-2-4-10(7-9)11(12,13)14/h5-7,10H,2-4H2,1H3. The predicted octanol–water partition coefficient (Wildman–Crippen LogP) is 3.42. The van der Waals surface area contributed by atoms with Crippen molar-refractivity contribution in [3.8, 4) is 0 Å². The van der Waals surface area contributed by atoms with Gasteiger partial charge in [0.15, 0.2) is 5.78 Å². The molecule has 0 fully saturated rings. The fourth-order valence-electron chi connectivity index (χ4n) is 1.57. The molecule has 0 radical (unpaired) electrons. The summed E-state index contributed by atoms with van der Waals surface area (Å²) in [6.45, 7) is 1.38. The maximum Gasteiger partial charge on any atom is 0.395 e. The summed E-state index contributed by atoms with van der Waals surface area (Å²) < 4.78 is 37.1. The highest BCUT2D eigenvalue weighted by Gasteiger charge is 2.38. The molecule has 0 bridgehead atoms. The first-order valence-electron chi connectivity index (χ1n) is 4.85. The zero-order valence-electron chi connectivity index (χ0n) is 8.47. The van der Waals surface area contributed by atoms with Crippen LogP contribution in [0.25, 0.3) is 0 Å². The molecule has 0 aromatic heterocycles. The summed E-state index contributed by atoms with van der Waals surface area (Å²) in [7, 11) is 0. The summed E-state index contributed by atoms with van der Waals surface area (Å²) in [6, 6.07) is 0. The lowest BCUT2D eigenvalue weighted by Crippen LogP contribution is -2.23. The third-order valence-electron chi connectivity index (χ3n) is 2.35. The fraction of sp³-hybridized carbons (Fsp3) is 0.545. The lowest BCUT2D eigenvalue weighted by Gasteiger charge is -2.21. The van der Waals surface area contributed by atoms with Crippen molar-refractivity contribution in [2.75, 3.05) is 0 Å². The van der Waals surface area contributed by atoms with E-state index in [0.29, 0.717) is 18.4 Å². The molecular weight excluding hydrogens is 205 g/mol. The van der Waals surface area contributed by atoms with E-state index in [1.54, 1.807) is 0 Å². The minimum Gasteiger partial charge on any atom is -0.295 e. The Hall–Kier alpha value is -1.06. The molecule has 1 aliphatic rings. The molecule has 0 aromatic rings. The second-order valence-electron chi connectivity index (χ2n) is 3.73. The van der Waals surface area contributed by atoms with E-state index in [1.165, 1.54) is 25.2 Å². The first kappa shape index (κ1) is 12.0. The molecule has 0 heterocycles. The molecule has 1 aliphatic carbocycles. The van der Waals surface area contributed by atoms with Gasteiger partial charge in [-0.1, -0.05) is 17.7 Å². The Labute approximate surface area is 86.7 Å².